The third kappa shape index (κ3) is 4.43. The number of phenols is 2. The summed E-state index contributed by atoms with van der Waals surface area (Å²) in [7, 11) is 0. The maximum atomic E-state index is 9.17. The number of nitrogens with one attached hydrogen (secondary N) is 1. The van der Waals surface area contributed by atoms with Gasteiger partial charge >= 0.3 is 0 Å². The van der Waals surface area contributed by atoms with Crippen LogP contribution in [0.1, 0.15) is 0 Å². The summed E-state index contributed by atoms with van der Waals surface area (Å²) in [5, 5.41) is 21.1. The lowest BCUT2D eigenvalue weighted by Crippen LogP contribution is -2.25. The standard InChI is InChI=1S/C14H15N5O2/c15-13(17-9-1-5-11(20)6-2-9)19-14(16)18-10-3-7-12(21)8-4-10/h1-8,20-21H,(H5,15,16,17,18,19). The van der Waals surface area contributed by atoms with Crippen LogP contribution in [0.3, 0.4) is 0 Å². The zero-order chi connectivity index (χ0) is 15.2. The van der Waals surface area contributed by atoms with Gasteiger partial charge in [0.25, 0.3) is 0 Å². The highest BCUT2D eigenvalue weighted by Gasteiger charge is 1.98. The summed E-state index contributed by atoms with van der Waals surface area (Å²) < 4.78 is 0. The Bertz CT molecular complexity index is 663. The first-order valence-electron chi connectivity index (χ1n) is 6.06. The Hall–Kier alpha value is -3.22. The molecule has 7 N–H and O–H groups in total. The monoisotopic (exact) mass is 285 g/mol. The molecular formula is C14H15N5O2. The maximum absolute atomic E-state index is 9.17. The molecule has 0 saturated heterocycles. The SMILES string of the molecule is NC(=Nc1ccc(O)cc1)N=C(N)Nc1ccc(O)cc1. The average Bonchev–Trinajstić information content (AvgIpc) is 2.44. The van der Waals surface area contributed by atoms with Crippen LogP contribution in [0.5, 0.6) is 11.5 Å². The molecule has 2 aromatic rings. The fraction of sp³-hybridized carbons (Fsp3) is 0. The second-order valence-corrected chi connectivity index (χ2v) is 4.16. The summed E-state index contributed by atoms with van der Waals surface area (Å²) in [4.78, 5) is 7.93. The van der Waals surface area contributed by atoms with Crippen LogP contribution < -0.4 is 16.8 Å². The van der Waals surface area contributed by atoms with E-state index >= 15 is 0 Å². The summed E-state index contributed by atoms with van der Waals surface area (Å²) in [5.74, 6) is 0.346. The van der Waals surface area contributed by atoms with E-state index in [1.807, 2.05) is 0 Å². The van der Waals surface area contributed by atoms with Crippen molar-refractivity contribution in [2.24, 2.45) is 21.5 Å². The average molecular weight is 285 g/mol. The third-order valence-corrected chi connectivity index (χ3v) is 2.47. The van der Waals surface area contributed by atoms with Crippen molar-refractivity contribution in [3.05, 3.63) is 48.5 Å². The lowest BCUT2D eigenvalue weighted by molar-refractivity contribution is 0.475. The number of guanidine groups is 2. The second kappa shape index (κ2) is 6.29. The summed E-state index contributed by atoms with van der Waals surface area (Å²) in [6.45, 7) is 0. The van der Waals surface area contributed by atoms with Crippen molar-refractivity contribution in [3.63, 3.8) is 0 Å². The van der Waals surface area contributed by atoms with Crippen molar-refractivity contribution in [2.45, 2.75) is 0 Å². The van der Waals surface area contributed by atoms with Gasteiger partial charge in [-0.15, -0.1) is 0 Å². The molecule has 0 unspecified atom stereocenters. The molecular weight excluding hydrogens is 270 g/mol. The van der Waals surface area contributed by atoms with Crippen molar-refractivity contribution in [2.75, 3.05) is 5.32 Å². The number of hydrogen-bond donors (Lipinski definition) is 5. The normalized spacial score (nSPS) is 12.2. The van der Waals surface area contributed by atoms with Gasteiger partial charge in [-0.3, -0.25) is 0 Å². The highest BCUT2D eigenvalue weighted by molar-refractivity contribution is 6.01. The molecule has 7 heteroatoms. The zero-order valence-electron chi connectivity index (χ0n) is 11.1. The van der Waals surface area contributed by atoms with E-state index in [-0.39, 0.29) is 23.4 Å². The number of benzene rings is 2. The predicted octanol–water partition coefficient (Wildman–Crippen LogP) is 1.47. The predicted molar refractivity (Wildman–Crippen MR) is 82.7 cm³/mol. The first kappa shape index (κ1) is 14.2. The van der Waals surface area contributed by atoms with E-state index in [1.165, 1.54) is 24.3 Å². The van der Waals surface area contributed by atoms with Crippen LogP contribution >= 0.6 is 0 Å². The van der Waals surface area contributed by atoms with Crippen LogP contribution in [0.2, 0.25) is 0 Å². The van der Waals surface area contributed by atoms with Gasteiger partial charge in [-0.2, -0.15) is 4.99 Å². The van der Waals surface area contributed by atoms with Gasteiger partial charge in [0, 0.05) is 5.69 Å². The van der Waals surface area contributed by atoms with Crippen LogP contribution in [0, 0.1) is 0 Å². The van der Waals surface area contributed by atoms with Crippen LogP contribution in [-0.2, 0) is 0 Å². The first-order valence-corrected chi connectivity index (χ1v) is 6.06. The van der Waals surface area contributed by atoms with E-state index in [9.17, 15) is 5.11 Å². The molecule has 0 heterocycles. The Morgan fingerprint density at radius 3 is 1.95 bits per heavy atom. The van der Waals surface area contributed by atoms with Crippen molar-refractivity contribution in [1.82, 2.24) is 0 Å². The quantitative estimate of drug-likeness (QED) is 0.324. The van der Waals surface area contributed by atoms with Gasteiger partial charge in [-0.25, -0.2) is 4.99 Å². The van der Waals surface area contributed by atoms with Crippen LogP contribution in [0.4, 0.5) is 11.4 Å². The number of aliphatic imine (C=N–C) groups is 2. The van der Waals surface area contributed by atoms with Crippen molar-refractivity contribution in [3.8, 4) is 11.5 Å². The molecule has 0 atom stereocenters. The number of rotatable bonds is 2. The van der Waals surface area contributed by atoms with Gasteiger partial charge in [0.1, 0.15) is 11.5 Å². The molecule has 2 rings (SSSR count). The van der Waals surface area contributed by atoms with E-state index in [2.05, 4.69) is 15.3 Å². The van der Waals surface area contributed by atoms with E-state index in [1.54, 1.807) is 24.3 Å². The lowest BCUT2D eigenvalue weighted by atomic mass is 10.3. The number of nitrogens with zero attached hydrogens (tertiary/aromatic N) is 2. The molecule has 0 bridgehead atoms. The summed E-state index contributed by atoms with van der Waals surface area (Å²) >= 11 is 0. The lowest BCUT2D eigenvalue weighted by Gasteiger charge is -2.05. The topological polar surface area (TPSA) is 129 Å². The minimum Gasteiger partial charge on any atom is -0.508 e. The smallest absolute Gasteiger partial charge is 0.223 e. The molecule has 0 amide bonds. The van der Waals surface area contributed by atoms with Gasteiger partial charge < -0.3 is 27.0 Å². The minimum absolute atomic E-state index is 0.0236. The van der Waals surface area contributed by atoms with E-state index in [4.69, 9.17) is 16.6 Å². The Morgan fingerprint density at radius 2 is 1.38 bits per heavy atom. The Labute approximate surface area is 121 Å². The van der Waals surface area contributed by atoms with Crippen LogP contribution in [0.25, 0.3) is 0 Å². The summed E-state index contributed by atoms with van der Waals surface area (Å²) in [5.41, 5.74) is 12.6. The maximum Gasteiger partial charge on any atom is 0.223 e. The molecule has 2 aromatic carbocycles. The fourth-order valence-corrected chi connectivity index (χ4v) is 1.53. The van der Waals surface area contributed by atoms with Gasteiger partial charge in [0.15, 0.2) is 0 Å². The molecule has 0 fully saturated rings. The van der Waals surface area contributed by atoms with Crippen molar-refractivity contribution >= 4 is 23.3 Å². The van der Waals surface area contributed by atoms with Gasteiger partial charge in [-0.1, -0.05) is 0 Å². The Balaban J connectivity index is 2.06. The van der Waals surface area contributed by atoms with Crippen LogP contribution in [0.15, 0.2) is 58.5 Å². The molecule has 0 saturated carbocycles. The Kier molecular flexibility index (Phi) is 4.25. The van der Waals surface area contributed by atoms with Crippen LogP contribution in [-0.4, -0.2) is 22.1 Å². The second-order valence-electron chi connectivity index (χ2n) is 4.16. The number of nitrogens with two attached hydrogens (primary N) is 2. The largest absolute Gasteiger partial charge is 0.508 e. The highest BCUT2D eigenvalue weighted by atomic mass is 16.3. The molecule has 108 valence electrons. The molecule has 0 aromatic heterocycles. The zero-order valence-corrected chi connectivity index (χ0v) is 11.1. The number of phenolic OH excluding ortho intramolecular Hbond substituents is 2. The van der Waals surface area contributed by atoms with E-state index in [0.29, 0.717) is 11.4 Å². The molecule has 0 radical (unpaired) electrons. The van der Waals surface area contributed by atoms with E-state index in [0.717, 1.165) is 0 Å². The summed E-state index contributed by atoms with van der Waals surface area (Å²) in [6.07, 6.45) is 0. The highest BCUT2D eigenvalue weighted by Crippen LogP contribution is 2.16. The van der Waals surface area contributed by atoms with Crippen molar-refractivity contribution < 1.29 is 10.2 Å². The number of aromatic hydroxyl groups is 2. The Morgan fingerprint density at radius 1 is 0.857 bits per heavy atom. The third-order valence-electron chi connectivity index (χ3n) is 2.47. The molecule has 0 aliphatic rings. The molecule has 0 aliphatic heterocycles. The van der Waals surface area contributed by atoms with Gasteiger partial charge in [0.2, 0.25) is 11.9 Å². The number of hydrogen-bond acceptors (Lipinski definition) is 3. The molecule has 21 heavy (non-hydrogen) atoms. The first-order chi connectivity index (χ1) is 10.0. The van der Waals surface area contributed by atoms with Gasteiger partial charge in [0.05, 0.1) is 5.69 Å². The molecule has 0 aliphatic carbocycles. The molecule has 7 nitrogen and oxygen atoms in total. The molecule has 0 spiro atoms. The number of anilines is 1. The minimum atomic E-state index is -0.0236. The van der Waals surface area contributed by atoms with Crippen molar-refractivity contribution in [1.29, 1.82) is 0 Å². The fourth-order valence-electron chi connectivity index (χ4n) is 1.53. The summed E-state index contributed by atoms with van der Waals surface area (Å²) in [6, 6.07) is 12.5. The van der Waals surface area contributed by atoms with Gasteiger partial charge in [-0.05, 0) is 48.5 Å². The van der Waals surface area contributed by atoms with E-state index < -0.39 is 0 Å².